The minimum atomic E-state index is -0.250. The van der Waals surface area contributed by atoms with Crippen LogP contribution in [0, 0.1) is 18.8 Å². The molecular weight excluding hydrogens is 320 g/mol. The maximum atomic E-state index is 11.6. The van der Waals surface area contributed by atoms with Crippen LogP contribution in [0.5, 0.6) is 0 Å². The van der Waals surface area contributed by atoms with Crippen LogP contribution in [0.1, 0.15) is 70.7 Å². The number of aromatic nitrogens is 1. The molecule has 1 aromatic heterocycles. The van der Waals surface area contributed by atoms with Crippen LogP contribution in [0.25, 0.3) is 0 Å². The molecule has 1 rings (SSSR count). The summed E-state index contributed by atoms with van der Waals surface area (Å²) in [4.78, 5) is 18.5. The van der Waals surface area contributed by atoms with Crippen LogP contribution in [0.3, 0.4) is 0 Å². The van der Waals surface area contributed by atoms with Crippen LogP contribution in [-0.2, 0) is 9.53 Å². The number of aryl methyl sites for hydroxylation is 1. The largest absolute Gasteiger partial charge is 0.455 e. The monoisotopic (exact) mass is 354 g/mol. The fraction of sp³-hybridized carbons (Fsp3) is 0.789. The highest BCUT2D eigenvalue weighted by atomic mass is 32.1. The van der Waals surface area contributed by atoms with E-state index < -0.39 is 0 Å². The molecule has 0 aliphatic carbocycles. The molecule has 4 nitrogen and oxygen atoms in total. The van der Waals surface area contributed by atoms with E-state index in [4.69, 9.17) is 4.74 Å². The molecule has 5 heteroatoms. The number of carbonyl (C=O) groups is 1. The van der Waals surface area contributed by atoms with Crippen LogP contribution in [0.2, 0.25) is 0 Å². The molecule has 0 spiro atoms. The summed E-state index contributed by atoms with van der Waals surface area (Å²) in [6, 6.07) is 0.364. The number of ether oxygens (including phenoxy) is 1. The highest BCUT2D eigenvalue weighted by Gasteiger charge is 2.27. The summed E-state index contributed by atoms with van der Waals surface area (Å²) < 4.78 is 5.61. The molecule has 138 valence electrons. The van der Waals surface area contributed by atoms with Crippen molar-refractivity contribution in [3.63, 3.8) is 0 Å². The summed E-state index contributed by atoms with van der Waals surface area (Å²) in [5.74, 6) is 0.995. The molecule has 0 bridgehead atoms. The Morgan fingerprint density at radius 3 is 2.50 bits per heavy atom. The minimum Gasteiger partial charge on any atom is -0.455 e. The number of thiazole rings is 1. The average Bonchev–Trinajstić information content (AvgIpc) is 2.94. The zero-order valence-corrected chi connectivity index (χ0v) is 17.2. The van der Waals surface area contributed by atoms with Crippen molar-refractivity contribution in [1.29, 1.82) is 0 Å². The lowest BCUT2D eigenvalue weighted by molar-refractivity contribution is -0.148. The van der Waals surface area contributed by atoms with Crippen molar-refractivity contribution in [3.8, 4) is 0 Å². The van der Waals surface area contributed by atoms with Gasteiger partial charge in [0, 0.05) is 30.5 Å². The van der Waals surface area contributed by atoms with Gasteiger partial charge in [-0.25, -0.2) is 4.98 Å². The fourth-order valence-electron chi connectivity index (χ4n) is 2.89. The van der Waals surface area contributed by atoms with Crippen molar-refractivity contribution in [2.24, 2.45) is 11.8 Å². The van der Waals surface area contributed by atoms with Crippen molar-refractivity contribution in [2.45, 2.75) is 73.0 Å². The van der Waals surface area contributed by atoms with Crippen LogP contribution >= 0.6 is 11.3 Å². The number of nitrogens with zero attached hydrogens (tertiary/aromatic N) is 2. The van der Waals surface area contributed by atoms with Gasteiger partial charge in [0.25, 0.3) is 0 Å². The van der Waals surface area contributed by atoms with Gasteiger partial charge in [0.05, 0.1) is 0 Å². The Labute approximate surface area is 151 Å². The van der Waals surface area contributed by atoms with E-state index in [1.807, 2.05) is 12.3 Å². The zero-order valence-electron chi connectivity index (χ0n) is 16.3. The second-order valence-corrected chi connectivity index (χ2v) is 8.14. The Bertz CT molecular complexity index is 501. The summed E-state index contributed by atoms with van der Waals surface area (Å²) in [6.45, 7) is 13.5. The SMILES string of the molecule is CCC(C)CCN(C)[C@H](C[C@@H](OC(C)=O)c1nc(C)cs1)C(C)C. The molecule has 0 fully saturated rings. The van der Waals surface area contributed by atoms with E-state index in [1.54, 1.807) is 11.3 Å². The Hall–Kier alpha value is -0.940. The highest BCUT2D eigenvalue weighted by Crippen LogP contribution is 2.30. The van der Waals surface area contributed by atoms with Crippen LogP contribution in [0.15, 0.2) is 5.38 Å². The molecule has 0 aliphatic heterocycles. The smallest absolute Gasteiger partial charge is 0.303 e. The molecule has 0 saturated heterocycles. The molecule has 24 heavy (non-hydrogen) atoms. The van der Waals surface area contributed by atoms with Crippen molar-refractivity contribution >= 4 is 17.3 Å². The average molecular weight is 355 g/mol. The molecule has 0 N–H and O–H groups in total. The third-order valence-corrected chi connectivity index (χ3v) is 5.74. The number of rotatable bonds is 10. The topological polar surface area (TPSA) is 42.4 Å². The summed E-state index contributed by atoms with van der Waals surface area (Å²) in [7, 11) is 2.19. The predicted molar refractivity (Wildman–Crippen MR) is 101 cm³/mol. The number of carbonyl (C=O) groups excluding carboxylic acids is 1. The first-order valence-corrected chi connectivity index (χ1v) is 9.92. The van der Waals surface area contributed by atoms with E-state index in [-0.39, 0.29) is 12.1 Å². The standard InChI is InChI=1S/C19H34N2O2S/c1-8-14(4)9-10-21(7)17(13(2)3)11-18(23-16(6)22)19-20-15(5)12-24-19/h12-14,17-18H,8-11H2,1-7H3/t14?,17-,18-/m1/s1. The molecule has 0 amide bonds. The lowest BCUT2D eigenvalue weighted by Gasteiger charge is -2.34. The van der Waals surface area contributed by atoms with Gasteiger partial charge in [0.15, 0.2) is 6.10 Å². The Morgan fingerprint density at radius 2 is 2.04 bits per heavy atom. The van der Waals surface area contributed by atoms with Crippen molar-refractivity contribution in [3.05, 3.63) is 16.1 Å². The van der Waals surface area contributed by atoms with Crippen LogP contribution in [-0.4, -0.2) is 35.5 Å². The zero-order chi connectivity index (χ0) is 18.3. The van der Waals surface area contributed by atoms with Crippen LogP contribution < -0.4 is 0 Å². The summed E-state index contributed by atoms with van der Waals surface area (Å²) in [6.07, 6.45) is 2.96. The maximum absolute atomic E-state index is 11.6. The van der Waals surface area contributed by atoms with E-state index in [1.165, 1.54) is 19.8 Å². The van der Waals surface area contributed by atoms with Gasteiger partial charge in [-0.2, -0.15) is 0 Å². The van der Waals surface area contributed by atoms with E-state index >= 15 is 0 Å². The molecule has 3 atom stereocenters. The van der Waals surface area contributed by atoms with Gasteiger partial charge in [0.1, 0.15) is 5.01 Å². The third-order valence-electron chi connectivity index (χ3n) is 4.68. The summed E-state index contributed by atoms with van der Waals surface area (Å²) in [5, 5.41) is 2.92. The Morgan fingerprint density at radius 1 is 1.38 bits per heavy atom. The highest BCUT2D eigenvalue weighted by molar-refractivity contribution is 7.09. The number of hydrogen-bond donors (Lipinski definition) is 0. The van der Waals surface area contributed by atoms with Gasteiger partial charge in [-0.3, -0.25) is 4.79 Å². The summed E-state index contributed by atoms with van der Waals surface area (Å²) in [5.41, 5.74) is 0.985. The molecule has 0 aromatic carbocycles. The summed E-state index contributed by atoms with van der Waals surface area (Å²) >= 11 is 1.58. The van der Waals surface area contributed by atoms with Crippen molar-refractivity contribution in [1.82, 2.24) is 9.88 Å². The van der Waals surface area contributed by atoms with Gasteiger partial charge < -0.3 is 9.64 Å². The van der Waals surface area contributed by atoms with E-state index in [0.29, 0.717) is 12.0 Å². The fourth-order valence-corrected chi connectivity index (χ4v) is 3.73. The molecule has 0 radical (unpaired) electrons. The first kappa shape index (κ1) is 21.1. The second kappa shape index (κ2) is 10.1. The predicted octanol–water partition coefficient (Wildman–Crippen LogP) is 4.84. The first-order chi connectivity index (χ1) is 11.2. The molecule has 1 heterocycles. The van der Waals surface area contributed by atoms with Gasteiger partial charge in [-0.05, 0) is 38.8 Å². The van der Waals surface area contributed by atoms with Gasteiger partial charge >= 0.3 is 5.97 Å². The normalized spacial score (nSPS) is 15.5. The van der Waals surface area contributed by atoms with E-state index in [2.05, 4.69) is 44.6 Å². The Kier molecular flexibility index (Phi) is 8.92. The van der Waals surface area contributed by atoms with Crippen molar-refractivity contribution in [2.75, 3.05) is 13.6 Å². The van der Waals surface area contributed by atoms with Crippen molar-refractivity contribution < 1.29 is 9.53 Å². The van der Waals surface area contributed by atoms with Gasteiger partial charge in [0.2, 0.25) is 0 Å². The van der Waals surface area contributed by atoms with E-state index in [9.17, 15) is 4.79 Å². The second-order valence-electron chi connectivity index (χ2n) is 7.25. The maximum Gasteiger partial charge on any atom is 0.303 e. The number of hydrogen-bond acceptors (Lipinski definition) is 5. The molecular formula is C19H34N2O2S. The minimum absolute atomic E-state index is 0.238. The lowest BCUT2D eigenvalue weighted by Crippen LogP contribution is -2.38. The molecule has 0 saturated carbocycles. The van der Waals surface area contributed by atoms with E-state index in [0.717, 1.165) is 29.6 Å². The first-order valence-electron chi connectivity index (χ1n) is 9.04. The van der Waals surface area contributed by atoms with Gasteiger partial charge in [-0.15, -0.1) is 11.3 Å². The quantitative estimate of drug-likeness (QED) is 0.564. The molecule has 1 unspecified atom stereocenters. The molecule has 0 aliphatic rings. The number of esters is 1. The lowest BCUT2D eigenvalue weighted by atomic mass is 9.95. The molecule has 1 aromatic rings. The van der Waals surface area contributed by atoms with Crippen LogP contribution in [0.4, 0.5) is 0 Å². The third kappa shape index (κ3) is 6.89. The Balaban J connectivity index is 2.82. The van der Waals surface area contributed by atoms with Gasteiger partial charge in [-0.1, -0.05) is 34.1 Å².